The van der Waals surface area contributed by atoms with Crippen LogP contribution in [0.3, 0.4) is 0 Å². The highest BCUT2D eigenvalue weighted by Crippen LogP contribution is 2.24. The predicted octanol–water partition coefficient (Wildman–Crippen LogP) is 4.53. The minimum atomic E-state index is -0.691. The van der Waals surface area contributed by atoms with Crippen LogP contribution in [-0.2, 0) is 6.67 Å². The van der Waals surface area contributed by atoms with Crippen molar-refractivity contribution < 1.29 is 18.5 Å². The van der Waals surface area contributed by atoms with E-state index in [-0.39, 0.29) is 10.7 Å². The third-order valence-electron chi connectivity index (χ3n) is 4.51. The molecule has 0 bridgehead atoms. The van der Waals surface area contributed by atoms with Crippen LogP contribution in [0.25, 0.3) is 0 Å². The Kier molecular flexibility index (Phi) is 7.09. The number of nitrogens with one attached hydrogen (secondary N) is 3. The number of rotatable bonds is 8. The Morgan fingerprint density at radius 1 is 1.15 bits per heavy atom. The normalized spacial score (nSPS) is 11.6. The van der Waals surface area contributed by atoms with E-state index in [2.05, 4.69) is 36.1 Å². The van der Waals surface area contributed by atoms with Gasteiger partial charge in [-0.1, -0.05) is 22.8 Å². The summed E-state index contributed by atoms with van der Waals surface area (Å²) in [5, 5.41) is 12.9. The van der Waals surface area contributed by atoms with Gasteiger partial charge in [0.1, 0.15) is 40.7 Å². The molecule has 0 aliphatic carbocycles. The second-order valence-corrected chi connectivity index (χ2v) is 8.42. The van der Waals surface area contributed by atoms with Crippen molar-refractivity contribution in [3.8, 4) is 0 Å². The molecule has 0 saturated carbocycles. The number of hydrogen-bond acceptors (Lipinski definition) is 9. The smallest absolute Gasteiger partial charge is 0.270 e. The lowest BCUT2D eigenvalue weighted by atomic mass is 10.2. The third-order valence-corrected chi connectivity index (χ3v) is 6.04. The fourth-order valence-corrected chi connectivity index (χ4v) is 3.86. The molecule has 3 N–H and O–H groups in total. The van der Waals surface area contributed by atoms with Crippen LogP contribution >= 0.6 is 22.9 Å². The lowest BCUT2D eigenvalue weighted by Gasteiger charge is -2.11. The van der Waals surface area contributed by atoms with Gasteiger partial charge in [0.25, 0.3) is 11.8 Å². The summed E-state index contributed by atoms with van der Waals surface area (Å²) in [5.74, 6) is -0.0326. The first-order valence-electron chi connectivity index (χ1n) is 9.84. The summed E-state index contributed by atoms with van der Waals surface area (Å²) in [7, 11) is 0. The van der Waals surface area contributed by atoms with Gasteiger partial charge in [0.15, 0.2) is 5.82 Å². The lowest BCUT2D eigenvalue weighted by Crippen LogP contribution is -2.27. The lowest BCUT2D eigenvalue weighted by molar-refractivity contribution is 0.0934. The number of anilines is 3. The first kappa shape index (κ1) is 23.3. The van der Waals surface area contributed by atoms with Crippen LogP contribution in [0.5, 0.6) is 0 Å². The highest BCUT2D eigenvalue weighted by atomic mass is 35.5. The van der Waals surface area contributed by atoms with E-state index in [1.165, 1.54) is 37.0 Å². The van der Waals surface area contributed by atoms with Gasteiger partial charge in [0.2, 0.25) is 0 Å². The van der Waals surface area contributed by atoms with Gasteiger partial charge in [-0.05, 0) is 19.1 Å². The highest BCUT2D eigenvalue weighted by Gasteiger charge is 2.19. The molecule has 1 aromatic carbocycles. The topological polar surface area (TPSA) is 135 Å². The number of alkyl halides is 1. The van der Waals surface area contributed by atoms with Gasteiger partial charge < -0.3 is 20.5 Å². The fourth-order valence-electron chi connectivity index (χ4n) is 2.81. The van der Waals surface area contributed by atoms with Crippen molar-refractivity contribution in [2.24, 2.45) is 0 Å². The number of nitrogens with zero attached hydrogens (tertiary/aromatic N) is 4. The number of halogens is 2. The summed E-state index contributed by atoms with van der Waals surface area (Å²) in [6.45, 7) is 1.05. The van der Waals surface area contributed by atoms with Gasteiger partial charge in [-0.2, -0.15) is 0 Å². The van der Waals surface area contributed by atoms with E-state index in [9.17, 15) is 14.0 Å². The summed E-state index contributed by atoms with van der Waals surface area (Å²) in [4.78, 5) is 37.8. The Balaban J connectivity index is 1.38. The van der Waals surface area contributed by atoms with Crippen molar-refractivity contribution in [1.29, 1.82) is 0 Å². The van der Waals surface area contributed by atoms with Crippen molar-refractivity contribution in [3.05, 3.63) is 75.3 Å². The molecule has 13 heteroatoms. The number of amides is 2. The van der Waals surface area contributed by atoms with Crippen LogP contribution in [-0.4, -0.2) is 31.9 Å². The Morgan fingerprint density at radius 3 is 2.74 bits per heavy atom. The molecule has 4 rings (SSSR count). The second-order valence-electron chi connectivity index (χ2n) is 6.95. The minimum Gasteiger partial charge on any atom is -0.363 e. The van der Waals surface area contributed by atoms with Crippen molar-refractivity contribution in [1.82, 2.24) is 25.4 Å². The Hall–Kier alpha value is -3.90. The number of aromatic nitrogens is 4. The van der Waals surface area contributed by atoms with E-state index < -0.39 is 24.5 Å². The van der Waals surface area contributed by atoms with Crippen LogP contribution < -0.4 is 16.0 Å². The zero-order valence-electron chi connectivity index (χ0n) is 17.6. The molecule has 4 aromatic rings. The molecule has 1 atom stereocenters. The summed E-state index contributed by atoms with van der Waals surface area (Å²) < 4.78 is 17.5. The molecule has 0 aliphatic rings. The summed E-state index contributed by atoms with van der Waals surface area (Å²) in [6.07, 6.45) is 4.07. The molecule has 2 amide bonds. The average molecular weight is 502 g/mol. The maximum atomic E-state index is 12.8. The van der Waals surface area contributed by atoms with Crippen LogP contribution in [0.15, 0.2) is 53.6 Å². The molecule has 0 aliphatic heterocycles. The summed E-state index contributed by atoms with van der Waals surface area (Å²) >= 11 is 7.12. The Bertz CT molecular complexity index is 1320. The monoisotopic (exact) mass is 501 g/mol. The van der Waals surface area contributed by atoms with Crippen LogP contribution in [0.4, 0.5) is 21.7 Å². The van der Waals surface area contributed by atoms with E-state index in [0.29, 0.717) is 32.8 Å². The molecule has 0 saturated heterocycles. The van der Waals surface area contributed by atoms with Crippen molar-refractivity contribution >= 4 is 52.1 Å². The van der Waals surface area contributed by atoms with Crippen LogP contribution in [0.2, 0.25) is 5.02 Å². The minimum absolute atomic E-state index is 0.135. The molecule has 34 heavy (non-hydrogen) atoms. The number of carbonyl (C=O) groups excluding carboxylic acids is 2. The largest absolute Gasteiger partial charge is 0.363 e. The zero-order chi connectivity index (χ0) is 24.1. The summed E-state index contributed by atoms with van der Waals surface area (Å²) in [6, 6.07) is 7.14. The summed E-state index contributed by atoms with van der Waals surface area (Å²) in [5.41, 5.74) is 0.910. The molecule has 1 unspecified atom stereocenters. The Morgan fingerprint density at radius 2 is 2.00 bits per heavy atom. The van der Waals surface area contributed by atoms with Crippen molar-refractivity contribution in [2.45, 2.75) is 19.6 Å². The van der Waals surface area contributed by atoms with Crippen LogP contribution in [0.1, 0.15) is 43.7 Å². The Labute approximate surface area is 201 Å². The van der Waals surface area contributed by atoms with Gasteiger partial charge >= 0.3 is 0 Å². The number of benzene rings is 1. The quantitative estimate of drug-likeness (QED) is 0.320. The van der Waals surface area contributed by atoms with Gasteiger partial charge in [0, 0.05) is 28.4 Å². The molecule has 3 aromatic heterocycles. The van der Waals surface area contributed by atoms with Crippen molar-refractivity contribution in [2.75, 3.05) is 10.6 Å². The standard InChI is InChI=1S/C21H17ClFN7O3S/c1-11(27-19(31)15-7-18(26-10-25-15)29-17-4-5-33-30-17)21-24-9-16(34-21)20(32)28-13-3-2-12(8-23)14(22)6-13/h2-7,9-11H,8H2,1H3,(H,27,31)(H,28,32)(H,25,26,29,30). The SMILES string of the molecule is CC(NC(=O)c1cc(Nc2ccon2)ncn1)c1ncc(C(=O)Nc2ccc(CF)c(Cl)c2)s1. The molecule has 3 heterocycles. The molecule has 174 valence electrons. The van der Waals surface area contributed by atoms with E-state index in [1.807, 2.05) is 0 Å². The second kappa shape index (κ2) is 10.4. The number of hydrogen-bond donors (Lipinski definition) is 3. The average Bonchev–Trinajstić information content (AvgIpc) is 3.52. The zero-order valence-corrected chi connectivity index (χ0v) is 19.2. The maximum absolute atomic E-state index is 12.8. The molecule has 0 spiro atoms. The van der Waals surface area contributed by atoms with Gasteiger partial charge in [-0.25, -0.2) is 19.3 Å². The molecule has 0 fully saturated rings. The van der Waals surface area contributed by atoms with Crippen LogP contribution in [0, 0.1) is 0 Å². The first-order valence-corrected chi connectivity index (χ1v) is 11.0. The van der Waals surface area contributed by atoms with Gasteiger partial charge in [-0.3, -0.25) is 9.59 Å². The number of carbonyl (C=O) groups is 2. The van der Waals surface area contributed by atoms with Gasteiger partial charge in [-0.15, -0.1) is 11.3 Å². The molecule has 10 nitrogen and oxygen atoms in total. The van der Waals surface area contributed by atoms with Crippen molar-refractivity contribution in [3.63, 3.8) is 0 Å². The van der Waals surface area contributed by atoms with E-state index in [1.54, 1.807) is 19.1 Å². The molecular formula is C21H17ClFN7O3S. The maximum Gasteiger partial charge on any atom is 0.270 e. The predicted molar refractivity (Wildman–Crippen MR) is 124 cm³/mol. The van der Waals surface area contributed by atoms with Gasteiger partial charge in [0.05, 0.1) is 12.2 Å². The first-order chi connectivity index (χ1) is 16.4. The van der Waals surface area contributed by atoms with E-state index in [4.69, 9.17) is 16.1 Å². The molecular weight excluding hydrogens is 485 g/mol. The highest BCUT2D eigenvalue weighted by molar-refractivity contribution is 7.13. The number of thiazole rings is 1. The third kappa shape index (κ3) is 5.53. The van der Waals surface area contributed by atoms with E-state index >= 15 is 0 Å². The van der Waals surface area contributed by atoms with E-state index in [0.717, 1.165) is 11.3 Å². The molecule has 0 radical (unpaired) electrons. The fraction of sp³-hybridized carbons (Fsp3) is 0.143.